The number of aliphatic carboxylic acids is 1. The highest BCUT2D eigenvalue weighted by Gasteiger charge is 2.46. The van der Waals surface area contributed by atoms with Crippen molar-refractivity contribution in [3.05, 3.63) is 59.7 Å². The quantitative estimate of drug-likeness (QED) is 0.703. The molecule has 2 aromatic carbocycles. The number of likely N-dealkylation sites (tertiary alicyclic amines) is 1. The van der Waals surface area contributed by atoms with E-state index in [1.807, 2.05) is 50.2 Å². The van der Waals surface area contributed by atoms with E-state index in [0.29, 0.717) is 13.0 Å². The van der Waals surface area contributed by atoms with E-state index in [1.54, 1.807) is 0 Å². The lowest BCUT2D eigenvalue weighted by Crippen LogP contribution is -2.45. The van der Waals surface area contributed by atoms with Crippen LogP contribution in [-0.2, 0) is 14.3 Å². The fourth-order valence-corrected chi connectivity index (χ4v) is 4.74. The zero-order valence-corrected chi connectivity index (χ0v) is 18.6. The van der Waals surface area contributed by atoms with Crippen LogP contribution in [0.15, 0.2) is 48.5 Å². The second-order valence-electron chi connectivity index (χ2n) is 8.96. The van der Waals surface area contributed by atoms with Gasteiger partial charge in [-0.25, -0.2) is 9.59 Å². The van der Waals surface area contributed by atoms with Crippen LogP contribution in [0.3, 0.4) is 0 Å². The minimum atomic E-state index is -1.04. The Morgan fingerprint density at radius 3 is 2.30 bits per heavy atom. The molecule has 1 atom stereocenters. The summed E-state index contributed by atoms with van der Waals surface area (Å²) >= 11 is 0. The molecule has 1 saturated heterocycles. The van der Waals surface area contributed by atoms with E-state index in [-0.39, 0.29) is 19.1 Å². The SMILES string of the molecule is CC1(C)CCN(C(=O)C#CCNC(=O)OCC2c3ccccc3-c3ccccc32)C1C(=O)O. The fraction of sp³-hybridized carbons (Fsp3) is 0.346. The van der Waals surface area contributed by atoms with E-state index in [9.17, 15) is 19.5 Å². The van der Waals surface area contributed by atoms with Gasteiger partial charge in [0, 0.05) is 12.5 Å². The molecule has 0 bridgehead atoms. The van der Waals surface area contributed by atoms with Crippen LogP contribution >= 0.6 is 0 Å². The molecule has 2 N–H and O–H groups in total. The Morgan fingerprint density at radius 1 is 1.09 bits per heavy atom. The summed E-state index contributed by atoms with van der Waals surface area (Å²) in [5.41, 5.74) is 4.03. The molecule has 1 heterocycles. The number of carbonyl (C=O) groups excluding carboxylic acids is 2. The summed E-state index contributed by atoms with van der Waals surface area (Å²) in [6.45, 7) is 4.11. The number of amides is 2. The number of nitrogens with one attached hydrogen (secondary N) is 1. The molecule has 2 amide bonds. The maximum Gasteiger partial charge on any atom is 0.407 e. The van der Waals surface area contributed by atoms with Crippen LogP contribution in [0.4, 0.5) is 4.79 Å². The first-order valence-corrected chi connectivity index (χ1v) is 10.9. The molecule has 4 rings (SSSR count). The Balaban J connectivity index is 1.31. The maximum absolute atomic E-state index is 12.4. The van der Waals surface area contributed by atoms with E-state index >= 15 is 0 Å². The Bertz CT molecular complexity index is 1120. The summed E-state index contributed by atoms with van der Waals surface area (Å²) in [6.07, 6.45) is -0.0283. The lowest BCUT2D eigenvalue weighted by Gasteiger charge is -2.27. The Kier molecular flexibility index (Phi) is 6.10. The number of alkyl carbamates (subject to hydrolysis) is 1. The zero-order chi connectivity index (χ0) is 23.6. The number of ether oxygens (including phenoxy) is 1. The fourth-order valence-electron chi connectivity index (χ4n) is 4.74. The number of rotatable bonds is 4. The highest BCUT2D eigenvalue weighted by atomic mass is 16.5. The minimum Gasteiger partial charge on any atom is -0.480 e. The van der Waals surface area contributed by atoms with Gasteiger partial charge in [-0.2, -0.15) is 0 Å². The maximum atomic E-state index is 12.4. The van der Waals surface area contributed by atoms with Crippen LogP contribution in [0.1, 0.15) is 37.3 Å². The van der Waals surface area contributed by atoms with Crippen LogP contribution in [0.25, 0.3) is 11.1 Å². The van der Waals surface area contributed by atoms with E-state index in [0.717, 1.165) is 22.3 Å². The van der Waals surface area contributed by atoms with E-state index in [4.69, 9.17) is 4.74 Å². The third-order valence-electron chi connectivity index (χ3n) is 6.40. The second-order valence-corrected chi connectivity index (χ2v) is 8.96. The van der Waals surface area contributed by atoms with Gasteiger partial charge in [0.2, 0.25) is 0 Å². The normalized spacial score (nSPS) is 18.0. The number of hydrogen-bond acceptors (Lipinski definition) is 4. The molecule has 170 valence electrons. The van der Waals surface area contributed by atoms with Gasteiger partial charge in [-0.3, -0.25) is 4.79 Å². The molecule has 2 aromatic rings. The van der Waals surface area contributed by atoms with Gasteiger partial charge in [-0.15, -0.1) is 0 Å². The smallest absolute Gasteiger partial charge is 0.407 e. The van der Waals surface area contributed by atoms with Gasteiger partial charge < -0.3 is 20.1 Å². The van der Waals surface area contributed by atoms with Gasteiger partial charge in [-0.1, -0.05) is 68.3 Å². The van der Waals surface area contributed by atoms with E-state index in [2.05, 4.69) is 29.3 Å². The van der Waals surface area contributed by atoms with Crippen molar-refractivity contribution < 1.29 is 24.2 Å². The molecule has 2 aliphatic rings. The van der Waals surface area contributed by atoms with Gasteiger partial charge in [-0.05, 0) is 40.0 Å². The number of carboxylic acids is 1. The summed E-state index contributed by atoms with van der Waals surface area (Å²) in [6, 6.07) is 15.2. The molecule has 0 radical (unpaired) electrons. The molecular formula is C26H26N2O5. The number of fused-ring (bicyclic) bond motifs is 3. The summed E-state index contributed by atoms with van der Waals surface area (Å²) in [7, 11) is 0. The van der Waals surface area contributed by atoms with Crippen molar-refractivity contribution in [1.82, 2.24) is 10.2 Å². The Labute approximate surface area is 192 Å². The van der Waals surface area contributed by atoms with Gasteiger partial charge in [0.1, 0.15) is 12.6 Å². The molecule has 0 spiro atoms. The highest BCUT2D eigenvalue weighted by Crippen LogP contribution is 2.44. The molecule has 7 nitrogen and oxygen atoms in total. The number of carboxylic acid groups (broad SMARTS) is 1. The standard InChI is InChI=1S/C26H26N2O5/c1-26(2)13-15-28(23(26)24(30)31)22(29)12-7-14-27-25(32)33-16-21-19-10-5-3-8-17(19)18-9-4-6-11-20(18)21/h3-6,8-11,21,23H,13-16H2,1-2H3,(H,27,32)(H,30,31). The van der Waals surface area contributed by atoms with Crippen molar-refractivity contribution >= 4 is 18.0 Å². The number of carbonyl (C=O) groups is 3. The van der Waals surface area contributed by atoms with Gasteiger partial charge >= 0.3 is 12.1 Å². The van der Waals surface area contributed by atoms with E-state index < -0.39 is 29.4 Å². The van der Waals surface area contributed by atoms with E-state index in [1.165, 1.54) is 4.90 Å². The summed E-state index contributed by atoms with van der Waals surface area (Å²) in [5, 5.41) is 12.0. The minimum absolute atomic E-state index is 0.0396. The van der Waals surface area contributed by atoms with Crippen molar-refractivity contribution in [3.8, 4) is 23.0 Å². The van der Waals surface area contributed by atoms with Crippen molar-refractivity contribution in [2.24, 2.45) is 5.41 Å². The predicted octanol–water partition coefficient (Wildman–Crippen LogP) is 3.24. The van der Waals surface area contributed by atoms with Crippen molar-refractivity contribution in [2.75, 3.05) is 19.7 Å². The summed E-state index contributed by atoms with van der Waals surface area (Å²) in [4.78, 5) is 37.4. The molecule has 1 aliphatic heterocycles. The molecule has 33 heavy (non-hydrogen) atoms. The molecule has 1 unspecified atom stereocenters. The lowest BCUT2D eigenvalue weighted by molar-refractivity contribution is -0.149. The van der Waals surface area contributed by atoms with Crippen LogP contribution in [0.2, 0.25) is 0 Å². The van der Waals surface area contributed by atoms with Crippen LogP contribution in [0, 0.1) is 17.3 Å². The topological polar surface area (TPSA) is 95.9 Å². The zero-order valence-electron chi connectivity index (χ0n) is 18.6. The predicted molar refractivity (Wildman–Crippen MR) is 122 cm³/mol. The number of nitrogens with zero attached hydrogens (tertiary/aromatic N) is 1. The lowest BCUT2D eigenvalue weighted by atomic mass is 9.85. The van der Waals surface area contributed by atoms with Gasteiger partial charge in [0.05, 0.1) is 6.54 Å². The monoisotopic (exact) mass is 446 g/mol. The van der Waals surface area contributed by atoms with Gasteiger partial charge in [0.25, 0.3) is 5.91 Å². The van der Waals surface area contributed by atoms with Crippen LogP contribution in [0.5, 0.6) is 0 Å². The first-order valence-electron chi connectivity index (χ1n) is 10.9. The molecule has 7 heteroatoms. The number of hydrogen-bond donors (Lipinski definition) is 2. The molecule has 0 aromatic heterocycles. The average molecular weight is 447 g/mol. The van der Waals surface area contributed by atoms with Crippen molar-refractivity contribution in [1.29, 1.82) is 0 Å². The third-order valence-corrected chi connectivity index (χ3v) is 6.40. The molecule has 1 aliphatic carbocycles. The van der Waals surface area contributed by atoms with Crippen molar-refractivity contribution in [2.45, 2.75) is 32.2 Å². The second kappa shape index (κ2) is 8.99. The summed E-state index contributed by atoms with van der Waals surface area (Å²) in [5.74, 6) is 3.39. The van der Waals surface area contributed by atoms with Crippen LogP contribution in [-0.4, -0.2) is 53.7 Å². The Morgan fingerprint density at radius 2 is 1.70 bits per heavy atom. The highest BCUT2D eigenvalue weighted by molar-refractivity contribution is 5.96. The Hall–Kier alpha value is -3.79. The largest absolute Gasteiger partial charge is 0.480 e. The average Bonchev–Trinajstić information content (AvgIpc) is 3.29. The summed E-state index contributed by atoms with van der Waals surface area (Å²) < 4.78 is 5.43. The van der Waals surface area contributed by atoms with Gasteiger partial charge in [0.15, 0.2) is 0 Å². The number of benzene rings is 2. The van der Waals surface area contributed by atoms with Crippen molar-refractivity contribution in [3.63, 3.8) is 0 Å². The third kappa shape index (κ3) is 4.42. The molecule has 1 fully saturated rings. The molecule has 0 saturated carbocycles. The first-order chi connectivity index (χ1) is 15.8. The first kappa shape index (κ1) is 22.4. The molecular weight excluding hydrogens is 420 g/mol. The van der Waals surface area contributed by atoms with Crippen LogP contribution < -0.4 is 5.32 Å².